The average molecular weight is 304 g/mol. The van der Waals surface area contributed by atoms with Crippen molar-refractivity contribution in [1.29, 1.82) is 0 Å². The summed E-state index contributed by atoms with van der Waals surface area (Å²) >= 11 is 0. The number of carboxylic acid groups (broad SMARTS) is 1. The Hall–Kier alpha value is -2.25. The fourth-order valence-corrected chi connectivity index (χ4v) is 1.62. The highest BCUT2D eigenvalue weighted by molar-refractivity contribution is 5.99. The lowest BCUT2D eigenvalue weighted by atomic mass is 9.97. The highest BCUT2D eigenvalue weighted by Crippen LogP contribution is 2.32. The third-order valence-electron chi connectivity index (χ3n) is 3.20. The summed E-state index contributed by atoms with van der Waals surface area (Å²) in [7, 11) is 0. The second kappa shape index (κ2) is 5.63. The highest BCUT2D eigenvalue weighted by atomic mass is 19.4. The molecule has 8 heteroatoms. The van der Waals surface area contributed by atoms with Gasteiger partial charge in [0.15, 0.2) is 0 Å². The van der Waals surface area contributed by atoms with E-state index in [0.29, 0.717) is 6.07 Å². The molecule has 0 aromatic heterocycles. The van der Waals surface area contributed by atoms with E-state index in [-0.39, 0.29) is 12.1 Å². The average Bonchev–Trinajstić information content (AvgIpc) is 2.37. The predicted octanol–water partition coefficient (Wildman–Crippen LogP) is 2.47. The third kappa shape index (κ3) is 3.65. The molecule has 1 aromatic carbocycles. The number of aliphatic carboxylic acids is 1. The van der Waals surface area contributed by atoms with Gasteiger partial charge in [0.1, 0.15) is 5.54 Å². The fourth-order valence-electron chi connectivity index (χ4n) is 1.62. The number of anilines is 1. The standard InChI is InChI=1S/C13H15F3N2O3/c1-3-12(2,11(20)21)18-9-5-4-7(13(14,15)16)6-8(9)10(17)19/h4-6,18H,3H2,1-2H3,(H2,17,19)(H,20,21). The van der Waals surface area contributed by atoms with Crippen LogP contribution in [0.3, 0.4) is 0 Å². The molecule has 1 atom stereocenters. The van der Waals surface area contributed by atoms with Gasteiger partial charge in [0.2, 0.25) is 0 Å². The second-order valence-corrected chi connectivity index (χ2v) is 4.74. The molecule has 0 heterocycles. The monoisotopic (exact) mass is 304 g/mol. The Morgan fingerprint density at radius 3 is 2.29 bits per heavy atom. The van der Waals surface area contributed by atoms with Crippen LogP contribution in [0, 0.1) is 0 Å². The minimum atomic E-state index is -4.62. The molecule has 0 bridgehead atoms. The zero-order chi connectivity index (χ0) is 16.4. The van der Waals surface area contributed by atoms with Crippen LogP contribution in [0.5, 0.6) is 0 Å². The van der Waals surface area contributed by atoms with Gasteiger partial charge in [0.25, 0.3) is 5.91 Å². The normalized spacial score (nSPS) is 14.3. The maximum atomic E-state index is 12.6. The fraction of sp³-hybridized carbons (Fsp3) is 0.385. The van der Waals surface area contributed by atoms with Gasteiger partial charge in [-0.15, -0.1) is 0 Å². The van der Waals surface area contributed by atoms with Gasteiger partial charge in [-0.1, -0.05) is 6.92 Å². The van der Waals surface area contributed by atoms with Crippen LogP contribution in [0.25, 0.3) is 0 Å². The van der Waals surface area contributed by atoms with E-state index in [1.165, 1.54) is 6.92 Å². The predicted molar refractivity (Wildman–Crippen MR) is 69.9 cm³/mol. The number of hydrogen-bond donors (Lipinski definition) is 3. The number of amides is 1. The topological polar surface area (TPSA) is 92.4 Å². The van der Waals surface area contributed by atoms with Gasteiger partial charge in [-0.3, -0.25) is 4.79 Å². The molecule has 0 fully saturated rings. The number of carboxylic acids is 1. The van der Waals surface area contributed by atoms with E-state index < -0.39 is 34.7 Å². The van der Waals surface area contributed by atoms with Gasteiger partial charge in [0, 0.05) is 5.69 Å². The van der Waals surface area contributed by atoms with E-state index in [1.807, 2.05) is 0 Å². The lowest BCUT2D eigenvalue weighted by molar-refractivity contribution is -0.142. The maximum absolute atomic E-state index is 12.6. The molecule has 4 N–H and O–H groups in total. The molecule has 0 radical (unpaired) electrons. The van der Waals surface area contributed by atoms with Crippen LogP contribution in [0.2, 0.25) is 0 Å². The summed E-state index contributed by atoms with van der Waals surface area (Å²) in [5, 5.41) is 11.7. The van der Waals surface area contributed by atoms with E-state index in [0.717, 1.165) is 12.1 Å². The lowest BCUT2D eigenvalue weighted by Crippen LogP contribution is -2.43. The maximum Gasteiger partial charge on any atom is 0.416 e. The Labute approximate surface area is 118 Å². The Bertz CT molecular complexity index is 572. The second-order valence-electron chi connectivity index (χ2n) is 4.74. The molecule has 0 spiro atoms. The summed E-state index contributed by atoms with van der Waals surface area (Å²) < 4.78 is 37.9. The van der Waals surface area contributed by atoms with Gasteiger partial charge in [0.05, 0.1) is 11.1 Å². The first-order valence-electron chi connectivity index (χ1n) is 6.04. The Balaban J connectivity index is 3.31. The first kappa shape index (κ1) is 16.8. The van der Waals surface area contributed by atoms with E-state index in [4.69, 9.17) is 10.8 Å². The number of carbonyl (C=O) groups excluding carboxylic acids is 1. The molecule has 0 saturated heterocycles. The van der Waals surface area contributed by atoms with Crippen molar-refractivity contribution in [3.8, 4) is 0 Å². The summed E-state index contributed by atoms with van der Waals surface area (Å²) in [6.07, 6.45) is -4.47. The van der Waals surface area contributed by atoms with Crippen molar-refractivity contribution in [2.45, 2.75) is 32.0 Å². The molecule has 1 amide bonds. The van der Waals surface area contributed by atoms with Crippen molar-refractivity contribution in [3.05, 3.63) is 29.3 Å². The molecule has 1 rings (SSSR count). The smallest absolute Gasteiger partial charge is 0.416 e. The van der Waals surface area contributed by atoms with E-state index >= 15 is 0 Å². The van der Waals surface area contributed by atoms with Gasteiger partial charge in [-0.2, -0.15) is 13.2 Å². The van der Waals surface area contributed by atoms with Crippen molar-refractivity contribution < 1.29 is 27.9 Å². The molecule has 0 aliphatic carbocycles. The first-order valence-corrected chi connectivity index (χ1v) is 6.04. The number of carbonyl (C=O) groups is 2. The number of hydrogen-bond acceptors (Lipinski definition) is 3. The summed E-state index contributed by atoms with van der Waals surface area (Å²) in [6.45, 7) is 2.95. The summed E-state index contributed by atoms with van der Waals surface area (Å²) in [5.74, 6) is -2.27. The number of nitrogens with two attached hydrogens (primary N) is 1. The minimum absolute atomic E-state index is 0.0535. The van der Waals surface area contributed by atoms with Crippen molar-refractivity contribution in [3.63, 3.8) is 0 Å². The van der Waals surface area contributed by atoms with Gasteiger partial charge < -0.3 is 16.2 Å². The van der Waals surface area contributed by atoms with Crippen LogP contribution in [-0.2, 0) is 11.0 Å². The van der Waals surface area contributed by atoms with Crippen molar-refractivity contribution in [1.82, 2.24) is 0 Å². The van der Waals surface area contributed by atoms with Crippen LogP contribution >= 0.6 is 0 Å². The van der Waals surface area contributed by atoms with E-state index in [2.05, 4.69) is 5.32 Å². The summed E-state index contributed by atoms with van der Waals surface area (Å²) in [5.41, 5.74) is 2.15. The van der Waals surface area contributed by atoms with E-state index in [9.17, 15) is 22.8 Å². The molecule has 0 saturated carbocycles. The number of rotatable bonds is 5. The van der Waals surface area contributed by atoms with Crippen molar-refractivity contribution in [2.24, 2.45) is 5.73 Å². The summed E-state index contributed by atoms with van der Waals surface area (Å²) in [6, 6.07) is 2.36. The molecular weight excluding hydrogens is 289 g/mol. The van der Waals surface area contributed by atoms with Crippen molar-refractivity contribution >= 4 is 17.6 Å². The van der Waals surface area contributed by atoms with E-state index in [1.54, 1.807) is 6.92 Å². The number of primary amides is 1. The van der Waals surface area contributed by atoms with Crippen LogP contribution in [0.1, 0.15) is 36.2 Å². The van der Waals surface area contributed by atoms with Crippen LogP contribution in [-0.4, -0.2) is 22.5 Å². The van der Waals surface area contributed by atoms with Crippen LogP contribution in [0.15, 0.2) is 18.2 Å². The molecular formula is C13H15F3N2O3. The van der Waals surface area contributed by atoms with Gasteiger partial charge in [-0.25, -0.2) is 4.79 Å². The SMILES string of the molecule is CCC(C)(Nc1ccc(C(F)(F)F)cc1C(N)=O)C(=O)O. The number of halogens is 3. The Kier molecular flexibility index (Phi) is 4.50. The zero-order valence-electron chi connectivity index (χ0n) is 11.4. The molecule has 21 heavy (non-hydrogen) atoms. The molecule has 1 unspecified atom stereocenters. The van der Waals surface area contributed by atoms with Crippen molar-refractivity contribution in [2.75, 3.05) is 5.32 Å². The quantitative estimate of drug-likeness (QED) is 0.779. The molecule has 0 aliphatic heterocycles. The Morgan fingerprint density at radius 2 is 1.90 bits per heavy atom. The minimum Gasteiger partial charge on any atom is -0.480 e. The van der Waals surface area contributed by atoms with Crippen LogP contribution < -0.4 is 11.1 Å². The largest absolute Gasteiger partial charge is 0.480 e. The zero-order valence-corrected chi connectivity index (χ0v) is 11.4. The summed E-state index contributed by atoms with van der Waals surface area (Å²) in [4.78, 5) is 22.5. The molecule has 5 nitrogen and oxygen atoms in total. The molecule has 116 valence electrons. The van der Waals surface area contributed by atoms with Crippen LogP contribution in [0.4, 0.5) is 18.9 Å². The highest BCUT2D eigenvalue weighted by Gasteiger charge is 2.34. The molecule has 1 aromatic rings. The first-order chi connectivity index (χ1) is 9.51. The molecule has 0 aliphatic rings. The van der Waals surface area contributed by atoms with Gasteiger partial charge in [-0.05, 0) is 31.5 Å². The number of alkyl halides is 3. The Morgan fingerprint density at radius 1 is 1.33 bits per heavy atom. The number of benzene rings is 1. The lowest BCUT2D eigenvalue weighted by Gasteiger charge is -2.27. The van der Waals surface area contributed by atoms with Gasteiger partial charge >= 0.3 is 12.1 Å². The third-order valence-corrected chi connectivity index (χ3v) is 3.20. The number of nitrogens with one attached hydrogen (secondary N) is 1.